The summed E-state index contributed by atoms with van der Waals surface area (Å²) in [5.74, 6) is -1.28. The van der Waals surface area contributed by atoms with Crippen molar-refractivity contribution in [3.8, 4) is 0 Å². The number of hydrogen-bond donors (Lipinski definition) is 4. The third-order valence-corrected chi connectivity index (χ3v) is 5.67. The van der Waals surface area contributed by atoms with Crippen LogP contribution >= 0.6 is 0 Å². The number of nitrogens with one attached hydrogen (secondary N) is 4. The number of carbonyl (C=O) groups excluding carboxylic acids is 4. The summed E-state index contributed by atoms with van der Waals surface area (Å²) in [7, 11) is 1.52. The maximum Gasteiger partial charge on any atom is 0.408 e. The fourth-order valence-electron chi connectivity index (χ4n) is 3.60. The Morgan fingerprint density at radius 1 is 0.842 bits per heavy atom. The van der Waals surface area contributed by atoms with Gasteiger partial charge in [-0.15, -0.1) is 0 Å². The first-order valence-electron chi connectivity index (χ1n) is 13.6. The Morgan fingerprint density at radius 3 is 1.89 bits per heavy atom. The quantitative estimate of drug-likeness (QED) is 0.323. The fourth-order valence-corrected chi connectivity index (χ4v) is 3.60. The molecule has 4 N–H and O–H groups in total. The second-order valence-corrected chi connectivity index (χ2v) is 10.6. The maximum absolute atomic E-state index is 13.4. The van der Waals surface area contributed by atoms with Crippen molar-refractivity contribution in [2.45, 2.75) is 105 Å². The van der Waals surface area contributed by atoms with E-state index in [0.717, 1.165) is 5.56 Å². The Hall–Kier alpha value is -3.10. The Labute approximate surface area is 229 Å². The lowest BCUT2D eigenvalue weighted by Crippen LogP contribution is -2.59. The fraction of sp³-hybridized carbons (Fsp3) is 0.655. The topological polar surface area (TPSA) is 126 Å². The van der Waals surface area contributed by atoms with Gasteiger partial charge in [0, 0.05) is 13.5 Å². The Bertz CT molecular complexity index is 867. The van der Waals surface area contributed by atoms with Crippen molar-refractivity contribution >= 4 is 23.8 Å². The van der Waals surface area contributed by atoms with Crippen LogP contribution in [0.4, 0.5) is 4.79 Å². The van der Waals surface area contributed by atoms with Crippen LogP contribution in [0.15, 0.2) is 30.3 Å². The molecule has 0 aromatic heterocycles. The van der Waals surface area contributed by atoms with Crippen LogP contribution in [-0.2, 0) is 25.5 Å². The van der Waals surface area contributed by atoms with Crippen molar-refractivity contribution in [3.05, 3.63) is 35.9 Å². The van der Waals surface area contributed by atoms with Crippen molar-refractivity contribution in [2.24, 2.45) is 11.8 Å². The second kappa shape index (κ2) is 17.4. The van der Waals surface area contributed by atoms with Crippen molar-refractivity contribution in [2.75, 3.05) is 7.05 Å². The molecule has 0 spiro atoms. The zero-order valence-electron chi connectivity index (χ0n) is 24.9. The lowest BCUT2D eigenvalue weighted by atomic mass is 9.96. The molecule has 38 heavy (non-hydrogen) atoms. The molecule has 1 rings (SSSR count). The molecule has 3 unspecified atom stereocenters. The summed E-state index contributed by atoms with van der Waals surface area (Å²) in [5, 5.41) is 10.9. The van der Waals surface area contributed by atoms with Crippen LogP contribution in [-0.4, -0.2) is 54.6 Å². The molecule has 0 bridgehead atoms. The van der Waals surface area contributed by atoms with Crippen LogP contribution in [0.3, 0.4) is 0 Å². The van der Waals surface area contributed by atoms with Crippen molar-refractivity contribution < 1.29 is 23.9 Å². The summed E-state index contributed by atoms with van der Waals surface area (Å²) < 4.78 is 5.35. The van der Waals surface area contributed by atoms with E-state index in [2.05, 4.69) is 21.3 Å². The van der Waals surface area contributed by atoms with Crippen LogP contribution in [0.2, 0.25) is 0 Å². The second-order valence-electron chi connectivity index (χ2n) is 10.6. The van der Waals surface area contributed by atoms with Gasteiger partial charge >= 0.3 is 6.09 Å². The highest BCUT2D eigenvalue weighted by Gasteiger charge is 2.33. The maximum atomic E-state index is 13.4. The molecule has 0 heterocycles. The van der Waals surface area contributed by atoms with Gasteiger partial charge < -0.3 is 26.0 Å². The lowest BCUT2D eigenvalue weighted by Gasteiger charge is -2.29. The van der Waals surface area contributed by atoms with Crippen LogP contribution in [0.1, 0.15) is 80.7 Å². The first kappa shape index (κ1) is 34.9. The average Bonchev–Trinajstić information content (AvgIpc) is 2.85. The van der Waals surface area contributed by atoms with Crippen molar-refractivity contribution in [1.82, 2.24) is 21.3 Å². The van der Waals surface area contributed by atoms with Crippen LogP contribution in [0.5, 0.6) is 0 Å². The van der Waals surface area contributed by atoms with Gasteiger partial charge in [0.2, 0.25) is 17.7 Å². The molecule has 0 radical (unpaired) electrons. The van der Waals surface area contributed by atoms with E-state index in [-0.39, 0.29) is 24.2 Å². The predicted molar refractivity (Wildman–Crippen MR) is 151 cm³/mol. The van der Waals surface area contributed by atoms with E-state index in [9.17, 15) is 19.2 Å². The molecule has 0 aliphatic rings. The largest absolute Gasteiger partial charge is 0.444 e. The molecule has 0 aliphatic carbocycles. The normalized spacial score (nSPS) is 14.1. The summed E-state index contributed by atoms with van der Waals surface area (Å²) in [6, 6.07) is 6.70. The highest BCUT2D eigenvalue weighted by atomic mass is 16.6. The number of benzene rings is 1. The summed E-state index contributed by atoms with van der Waals surface area (Å²) in [4.78, 5) is 51.5. The molecule has 0 fully saturated rings. The molecule has 1 aromatic rings. The molecule has 4 atom stereocenters. The number of alkyl carbamates (subject to hydrolysis) is 1. The SMILES string of the molecule is CC.CCC(C)[C@H](NC(=O)C(Cc1ccccc1)NC(=O)OC(C)(C)C)C(=O)NC(CC(C)C)C(=O)NC. The minimum absolute atomic E-state index is 0.178. The van der Waals surface area contributed by atoms with Gasteiger partial charge in [0.05, 0.1) is 0 Å². The third kappa shape index (κ3) is 13.4. The van der Waals surface area contributed by atoms with E-state index < -0.39 is 41.6 Å². The van der Waals surface area contributed by atoms with Crippen molar-refractivity contribution in [3.63, 3.8) is 0 Å². The van der Waals surface area contributed by atoms with Gasteiger partial charge in [-0.25, -0.2) is 4.79 Å². The molecule has 0 saturated carbocycles. The number of rotatable bonds is 12. The Kier molecular flexibility index (Phi) is 16.0. The number of carbonyl (C=O) groups is 4. The summed E-state index contributed by atoms with van der Waals surface area (Å²) in [6.07, 6.45) is 0.578. The van der Waals surface area contributed by atoms with Crippen LogP contribution < -0.4 is 21.3 Å². The van der Waals surface area contributed by atoms with E-state index in [4.69, 9.17) is 4.74 Å². The minimum atomic E-state index is -0.966. The molecule has 216 valence electrons. The smallest absolute Gasteiger partial charge is 0.408 e. The molecule has 0 saturated heterocycles. The molecule has 0 aliphatic heterocycles. The molecular weight excluding hydrogens is 484 g/mol. The summed E-state index contributed by atoms with van der Waals surface area (Å²) >= 11 is 0. The van der Waals surface area contributed by atoms with E-state index >= 15 is 0 Å². The highest BCUT2D eigenvalue weighted by Crippen LogP contribution is 2.13. The van der Waals surface area contributed by atoms with Crippen molar-refractivity contribution in [1.29, 1.82) is 0 Å². The zero-order valence-corrected chi connectivity index (χ0v) is 24.9. The van der Waals surface area contributed by atoms with Gasteiger partial charge in [0.15, 0.2) is 0 Å². The van der Waals surface area contributed by atoms with E-state index in [1.54, 1.807) is 20.8 Å². The van der Waals surface area contributed by atoms with Gasteiger partial charge in [0.1, 0.15) is 23.7 Å². The first-order valence-corrected chi connectivity index (χ1v) is 13.6. The number of ether oxygens (including phenoxy) is 1. The predicted octanol–water partition coefficient (Wildman–Crippen LogP) is 3.96. The monoisotopic (exact) mass is 534 g/mol. The zero-order chi connectivity index (χ0) is 29.5. The van der Waals surface area contributed by atoms with Gasteiger partial charge in [-0.05, 0) is 44.6 Å². The molecule has 4 amide bonds. The first-order chi connectivity index (χ1) is 17.8. The average molecular weight is 535 g/mol. The van der Waals surface area contributed by atoms with Gasteiger partial charge in [-0.1, -0.05) is 78.3 Å². The molecular formula is C29H50N4O5. The minimum Gasteiger partial charge on any atom is -0.444 e. The standard InChI is InChI=1S/C27H44N4O5.C2H6/c1-9-18(4)22(25(34)29-20(15-17(2)3)23(32)28-8)31-24(33)21(16-19-13-11-10-12-14-19)30-26(35)36-27(5,6)7;1-2/h10-14,17-18,20-22H,9,15-16H2,1-8H3,(H,28,32)(H,29,34)(H,30,35)(H,31,33);1-2H3/t18?,20?,21?,22-;/m0./s1. The van der Waals surface area contributed by atoms with Gasteiger partial charge in [-0.3, -0.25) is 14.4 Å². The number of hydrogen-bond acceptors (Lipinski definition) is 5. The van der Waals surface area contributed by atoms with E-state index in [1.165, 1.54) is 7.05 Å². The molecule has 1 aromatic carbocycles. The van der Waals surface area contributed by atoms with Crippen LogP contribution in [0, 0.1) is 11.8 Å². The Balaban J connectivity index is 0.00000667. The molecule has 9 nitrogen and oxygen atoms in total. The number of likely N-dealkylation sites (N-methyl/N-ethyl adjacent to an activating group) is 1. The highest BCUT2D eigenvalue weighted by molar-refractivity contribution is 5.94. The summed E-state index contributed by atoms with van der Waals surface area (Å²) in [6.45, 7) is 16.9. The van der Waals surface area contributed by atoms with Crippen LogP contribution in [0.25, 0.3) is 0 Å². The van der Waals surface area contributed by atoms with Gasteiger partial charge in [-0.2, -0.15) is 0 Å². The van der Waals surface area contributed by atoms with E-state index in [1.807, 2.05) is 71.9 Å². The van der Waals surface area contributed by atoms with E-state index in [0.29, 0.717) is 12.8 Å². The Morgan fingerprint density at radius 2 is 1.42 bits per heavy atom. The summed E-state index contributed by atoms with van der Waals surface area (Å²) in [5.41, 5.74) is 0.109. The molecule has 9 heteroatoms. The number of amides is 4. The van der Waals surface area contributed by atoms with Gasteiger partial charge in [0.25, 0.3) is 0 Å². The lowest BCUT2D eigenvalue weighted by molar-refractivity contribution is -0.133. The third-order valence-electron chi connectivity index (χ3n) is 5.67.